The summed E-state index contributed by atoms with van der Waals surface area (Å²) in [4.78, 5) is 3.32. The van der Waals surface area contributed by atoms with Gasteiger partial charge >= 0.3 is 0 Å². The second-order valence-corrected chi connectivity index (χ2v) is 2.97. The highest BCUT2D eigenvalue weighted by Crippen LogP contribution is 2.06. The van der Waals surface area contributed by atoms with Crippen LogP contribution in [0, 0.1) is 13.5 Å². The van der Waals surface area contributed by atoms with Crippen LogP contribution in [0.5, 0.6) is 0 Å². The second-order valence-electron chi connectivity index (χ2n) is 2.97. The van der Waals surface area contributed by atoms with Crippen LogP contribution >= 0.6 is 0 Å². The maximum absolute atomic E-state index is 6.64. The van der Waals surface area contributed by atoms with Gasteiger partial charge in [-0.1, -0.05) is 29.8 Å². The molecule has 1 aromatic rings. The maximum Gasteiger partial charge on any atom is 0.215 e. The van der Waals surface area contributed by atoms with Crippen molar-refractivity contribution in [1.29, 1.82) is 0 Å². The SMILES string of the molecule is [C-]#[N+]CCCc1cccc(C)c1. The van der Waals surface area contributed by atoms with Crippen molar-refractivity contribution < 1.29 is 0 Å². The van der Waals surface area contributed by atoms with E-state index in [1.54, 1.807) is 0 Å². The lowest BCUT2D eigenvalue weighted by atomic mass is 10.1. The molecule has 0 saturated carbocycles. The lowest BCUT2D eigenvalue weighted by Crippen LogP contribution is -1.87. The fourth-order valence-corrected chi connectivity index (χ4v) is 1.23. The predicted octanol–water partition coefficient (Wildman–Crippen LogP) is 2.85. The van der Waals surface area contributed by atoms with Crippen molar-refractivity contribution in [3.05, 3.63) is 46.8 Å². The van der Waals surface area contributed by atoms with Gasteiger partial charge in [0.05, 0.1) is 0 Å². The van der Waals surface area contributed by atoms with E-state index >= 15 is 0 Å². The van der Waals surface area contributed by atoms with E-state index in [2.05, 4.69) is 36.0 Å². The Hall–Kier alpha value is -1.29. The van der Waals surface area contributed by atoms with Crippen LogP contribution in [0.25, 0.3) is 4.85 Å². The molecular formula is C11H13N. The zero-order valence-electron chi connectivity index (χ0n) is 7.38. The molecule has 0 fully saturated rings. The Kier molecular flexibility index (Phi) is 3.35. The lowest BCUT2D eigenvalue weighted by Gasteiger charge is -1.98. The highest BCUT2D eigenvalue weighted by molar-refractivity contribution is 5.22. The standard InChI is InChI=1S/C11H13N/c1-10-5-3-6-11(9-10)7-4-8-12-2/h3,5-6,9H,4,7-8H2,1H3. The molecular weight excluding hydrogens is 146 g/mol. The molecule has 0 heterocycles. The van der Waals surface area contributed by atoms with E-state index in [0.717, 1.165) is 12.8 Å². The highest BCUT2D eigenvalue weighted by Gasteiger charge is 1.93. The fraction of sp³-hybridized carbons (Fsp3) is 0.364. The van der Waals surface area contributed by atoms with Gasteiger partial charge in [0.15, 0.2) is 0 Å². The van der Waals surface area contributed by atoms with Crippen molar-refractivity contribution in [1.82, 2.24) is 0 Å². The summed E-state index contributed by atoms with van der Waals surface area (Å²) >= 11 is 0. The Bertz CT molecular complexity index is 283. The molecule has 0 aliphatic carbocycles. The Balaban J connectivity index is 2.48. The summed E-state index contributed by atoms with van der Waals surface area (Å²) in [5, 5.41) is 0. The van der Waals surface area contributed by atoms with Gasteiger partial charge in [0.1, 0.15) is 0 Å². The van der Waals surface area contributed by atoms with Crippen molar-refractivity contribution in [2.24, 2.45) is 0 Å². The average Bonchev–Trinajstić information content (AvgIpc) is 2.05. The van der Waals surface area contributed by atoms with Crippen molar-refractivity contribution in [2.45, 2.75) is 19.8 Å². The minimum Gasteiger partial charge on any atom is -0.317 e. The Morgan fingerprint density at radius 3 is 2.92 bits per heavy atom. The summed E-state index contributed by atoms with van der Waals surface area (Å²) < 4.78 is 0. The molecule has 1 aromatic carbocycles. The monoisotopic (exact) mass is 159 g/mol. The first kappa shape index (κ1) is 8.80. The molecule has 62 valence electrons. The van der Waals surface area contributed by atoms with Gasteiger partial charge in [0, 0.05) is 6.42 Å². The van der Waals surface area contributed by atoms with Crippen LogP contribution in [-0.2, 0) is 6.42 Å². The van der Waals surface area contributed by atoms with Gasteiger partial charge in [-0.15, -0.1) is 0 Å². The van der Waals surface area contributed by atoms with Gasteiger partial charge in [-0.3, -0.25) is 0 Å². The third kappa shape index (κ3) is 2.75. The third-order valence-electron chi connectivity index (χ3n) is 1.82. The molecule has 0 aromatic heterocycles. The number of hydrogen-bond acceptors (Lipinski definition) is 0. The lowest BCUT2D eigenvalue weighted by molar-refractivity contribution is 0.890. The minimum absolute atomic E-state index is 0.647. The summed E-state index contributed by atoms with van der Waals surface area (Å²) in [5.41, 5.74) is 2.65. The van der Waals surface area contributed by atoms with Crippen molar-refractivity contribution in [3.63, 3.8) is 0 Å². The van der Waals surface area contributed by atoms with Gasteiger partial charge in [-0.05, 0) is 18.9 Å². The Morgan fingerprint density at radius 1 is 1.42 bits per heavy atom. The van der Waals surface area contributed by atoms with Crippen LogP contribution in [0.4, 0.5) is 0 Å². The number of hydrogen-bond donors (Lipinski definition) is 0. The van der Waals surface area contributed by atoms with E-state index in [-0.39, 0.29) is 0 Å². The maximum atomic E-state index is 6.64. The number of nitrogens with zero attached hydrogens (tertiary/aromatic N) is 1. The summed E-state index contributed by atoms with van der Waals surface area (Å²) in [6, 6.07) is 8.47. The first-order valence-corrected chi connectivity index (χ1v) is 4.21. The van der Waals surface area contributed by atoms with E-state index in [0.29, 0.717) is 6.54 Å². The molecule has 0 amide bonds. The van der Waals surface area contributed by atoms with Crippen LogP contribution in [-0.4, -0.2) is 6.54 Å². The van der Waals surface area contributed by atoms with E-state index in [1.807, 2.05) is 0 Å². The van der Waals surface area contributed by atoms with E-state index < -0.39 is 0 Å². The molecule has 0 radical (unpaired) electrons. The van der Waals surface area contributed by atoms with Crippen LogP contribution in [0.2, 0.25) is 0 Å². The molecule has 0 aliphatic rings. The molecule has 0 spiro atoms. The number of benzene rings is 1. The summed E-state index contributed by atoms with van der Waals surface area (Å²) in [7, 11) is 0. The smallest absolute Gasteiger partial charge is 0.215 e. The van der Waals surface area contributed by atoms with E-state index in [1.165, 1.54) is 11.1 Å². The summed E-state index contributed by atoms with van der Waals surface area (Å²) in [6.45, 7) is 9.38. The number of aryl methyl sites for hydroxylation is 2. The Morgan fingerprint density at radius 2 is 2.25 bits per heavy atom. The van der Waals surface area contributed by atoms with E-state index in [4.69, 9.17) is 6.57 Å². The van der Waals surface area contributed by atoms with Crippen molar-refractivity contribution >= 4 is 0 Å². The normalized spacial score (nSPS) is 9.33. The zero-order valence-corrected chi connectivity index (χ0v) is 7.38. The molecule has 0 atom stereocenters. The molecule has 0 saturated heterocycles. The summed E-state index contributed by atoms with van der Waals surface area (Å²) in [5.74, 6) is 0. The minimum atomic E-state index is 0.647. The van der Waals surface area contributed by atoms with Crippen LogP contribution in [0.3, 0.4) is 0 Å². The second kappa shape index (κ2) is 4.56. The van der Waals surface area contributed by atoms with Crippen molar-refractivity contribution in [2.75, 3.05) is 6.54 Å². The first-order chi connectivity index (χ1) is 5.83. The topological polar surface area (TPSA) is 4.36 Å². The number of rotatable bonds is 3. The molecule has 0 N–H and O–H groups in total. The molecule has 1 heteroatoms. The first-order valence-electron chi connectivity index (χ1n) is 4.21. The quantitative estimate of drug-likeness (QED) is 0.472. The van der Waals surface area contributed by atoms with Crippen molar-refractivity contribution in [3.8, 4) is 0 Å². The molecule has 0 aliphatic heterocycles. The van der Waals surface area contributed by atoms with Crippen LogP contribution in [0.15, 0.2) is 24.3 Å². The molecule has 12 heavy (non-hydrogen) atoms. The van der Waals surface area contributed by atoms with Gasteiger partial charge < -0.3 is 4.85 Å². The average molecular weight is 159 g/mol. The molecule has 1 rings (SSSR count). The van der Waals surface area contributed by atoms with E-state index in [9.17, 15) is 0 Å². The van der Waals surface area contributed by atoms with Gasteiger partial charge in [-0.2, -0.15) is 0 Å². The zero-order chi connectivity index (χ0) is 8.81. The Labute approximate surface area is 73.9 Å². The van der Waals surface area contributed by atoms with Gasteiger partial charge in [-0.25, -0.2) is 6.57 Å². The van der Waals surface area contributed by atoms with Crippen LogP contribution < -0.4 is 0 Å². The van der Waals surface area contributed by atoms with Crippen LogP contribution in [0.1, 0.15) is 17.5 Å². The molecule has 1 nitrogen and oxygen atoms in total. The third-order valence-corrected chi connectivity index (χ3v) is 1.82. The molecule has 0 unspecified atom stereocenters. The van der Waals surface area contributed by atoms with Gasteiger partial charge in [0.25, 0.3) is 0 Å². The highest BCUT2D eigenvalue weighted by atomic mass is 14.6. The summed E-state index contributed by atoms with van der Waals surface area (Å²) in [6.07, 6.45) is 2.01. The fourth-order valence-electron chi connectivity index (χ4n) is 1.23. The molecule has 0 bridgehead atoms. The predicted molar refractivity (Wildman–Crippen MR) is 51.0 cm³/mol. The van der Waals surface area contributed by atoms with Gasteiger partial charge in [0.2, 0.25) is 6.54 Å². The largest absolute Gasteiger partial charge is 0.317 e.